The highest BCUT2D eigenvalue weighted by atomic mass is 79.9. The Morgan fingerprint density at radius 2 is 1.48 bits per heavy atom. The molecule has 0 saturated carbocycles. The number of carbonyl (C=O) groups excluding carboxylic acids is 2. The maximum atomic E-state index is 13.4. The van der Waals surface area contributed by atoms with Gasteiger partial charge in [-0.2, -0.15) is 0 Å². The third kappa shape index (κ3) is 5.86. The summed E-state index contributed by atoms with van der Waals surface area (Å²) in [6.07, 6.45) is 0.521. The molecular formula is C26H19BrClN3O2. The molecule has 0 aliphatic rings. The summed E-state index contributed by atoms with van der Waals surface area (Å²) in [7, 11) is 0. The molecule has 164 valence electrons. The van der Waals surface area contributed by atoms with Crippen LogP contribution >= 0.6 is 27.5 Å². The van der Waals surface area contributed by atoms with Crippen molar-refractivity contribution in [3.05, 3.63) is 118 Å². The van der Waals surface area contributed by atoms with E-state index >= 15 is 0 Å². The van der Waals surface area contributed by atoms with Crippen LogP contribution in [0.2, 0.25) is 5.02 Å². The molecule has 5 nitrogen and oxygen atoms in total. The third-order valence-electron chi connectivity index (χ3n) is 4.93. The van der Waals surface area contributed by atoms with Crippen LogP contribution < -0.4 is 10.6 Å². The minimum absolute atomic E-state index is 0.202. The number of hydrogen-bond acceptors (Lipinski definition) is 4. The zero-order valence-electron chi connectivity index (χ0n) is 17.3. The maximum Gasteiger partial charge on any atom is 0.271 e. The Morgan fingerprint density at radius 1 is 0.818 bits per heavy atom. The Balaban J connectivity index is 1.58. The van der Waals surface area contributed by atoms with E-state index in [4.69, 9.17) is 11.6 Å². The number of aromatic nitrogens is 1. The number of anilines is 1. The first-order valence-electron chi connectivity index (χ1n) is 10.1. The van der Waals surface area contributed by atoms with Gasteiger partial charge in [0.2, 0.25) is 5.78 Å². The van der Waals surface area contributed by atoms with E-state index in [1.807, 2.05) is 42.5 Å². The zero-order valence-corrected chi connectivity index (χ0v) is 19.7. The van der Waals surface area contributed by atoms with Gasteiger partial charge >= 0.3 is 0 Å². The number of benzene rings is 3. The van der Waals surface area contributed by atoms with Crippen molar-refractivity contribution >= 4 is 44.9 Å². The first-order chi connectivity index (χ1) is 16.0. The Morgan fingerprint density at radius 3 is 2.12 bits per heavy atom. The van der Waals surface area contributed by atoms with Gasteiger partial charge in [-0.1, -0.05) is 66.2 Å². The number of hydrogen-bond donors (Lipinski definition) is 2. The zero-order chi connectivity index (χ0) is 23.2. The number of nitrogens with zero attached hydrogens (tertiary/aromatic N) is 1. The highest BCUT2D eigenvalue weighted by Gasteiger charge is 2.23. The molecule has 0 radical (unpaired) electrons. The number of carbonyl (C=O) groups is 2. The molecule has 4 rings (SSSR count). The van der Waals surface area contributed by atoms with Gasteiger partial charge in [-0.25, -0.2) is 4.98 Å². The average molecular weight is 521 g/mol. The SMILES string of the molecule is O=C(NC(Nc1ccc(Cl)cc1)C(=O)c1ccc(-c2ccccc2)cc1)c1ccc(Br)cn1. The summed E-state index contributed by atoms with van der Waals surface area (Å²) < 4.78 is 0.754. The summed E-state index contributed by atoms with van der Waals surface area (Å²) in [6, 6.07) is 27.4. The molecule has 1 unspecified atom stereocenters. The fourth-order valence-electron chi connectivity index (χ4n) is 3.22. The minimum atomic E-state index is -1.01. The molecule has 0 spiro atoms. The lowest BCUT2D eigenvalue weighted by Gasteiger charge is -2.20. The highest BCUT2D eigenvalue weighted by Crippen LogP contribution is 2.21. The molecule has 1 amide bonds. The normalized spacial score (nSPS) is 11.5. The molecule has 1 atom stereocenters. The molecule has 3 aromatic carbocycles. The maximum absolute atomic E-state index is 13.4. The summed E-state index contributed by atoms with van der Waals surface area (Å²) in [5.74, 6) is -0.752. The van der Waals surface area contributed by atoms with Gasteiger partial charge in [0, 0.05) is 26.9 Å². The van der Waals surface area contributed by atoms with Gasteiger partial charge in [0.15, 0.2) is 6.17 Å². The van der Waals surface area contributed by atoms with Crippen LogP contribution in [0, 0.1) is 0 Å². The van der Waals surface area contributed by atoms with Crippen molar-refractivity contribution in [1.82, 2.24) is 10.3 Å². The first-order valence-corrected chi connectivity index (χ1v) is 11.3. The van der Waals surface area contributed by atoms with Crippen molar-refractivity contribution in [1.29, 1.82) is 0 Å². The van der Waals surface area contributed by atoms with E-state index in [1.165, 1.54) is 6.20 Å². The predicted octanol–water partition coefficient (Wildman–Crippen LogP) is 6.22. The smallest absolute Gasteiger partial charge is 0.271 e. The second-order valence-corrected chi connectivity index (χ2v) is 8.58. The number of ketones is 1. The molecule has 0 aliphatic heterocycles. The standard InChI is InChI=1S/C26H19BrClN3O2/c27-20-10-15-23(29-16-20)26(33)31-25(30-22-13-11-21(28)12-14-22)24(32)19-8-6-18(7-9-19)17-4-2-1-3-5-17/h1-16,25,30H,(H,31,33). The van der Waals surface area contributed by atoms with E-state index in [2.05, 4.69) is 31.5 Å². The summed E-state index contributed by atoms with van der Waals surface area (Å²) in [5, 5.41) is 6.41. The number of pyridine rings is 1. The molecule has 2 N–H and O–H groups in total. The number of nitrogens with one attached hydrogen (secondary N) is 2. The molecule has 0 bridgehead atoms. The Labute approximate surface area is 205 Å². The van der Waals surface area contributed by atoms with Gasteiger partial charge in [-0.05, 0) is 63.5 Å². The first kappa shape index (κ1) is 22.7. The lowest BCUT2D eigenvalue weighted by atomic mass is 10.0. The van der Waals surface area contributed by atoms with Crippen LogP contribution in [-0.4, -0.2) is 22.8 Å². The Bertz CT molecular complexity index is 1250. The van der Waals surface area contributed by atoms with Crippen LogP contribution in [0.5, 0.6) is 0 Å². The average Bonchev–Trinajstić information content (AvgIpc) is 2.85. The second kappa shape index (κ2) is 10.4. The molecule has 33 heavy (non-hydrogen) atoms. The van der Waals surface area contributed by atoms with E-state index in [-0.39, 0.29) is 11.5 Å². The van der Waals surface area contributed by atoms with Gasteiger partial charge in [0.1, 0.15) is 5.69 Å². The molecule has 7 heteroatoms. The number of rotatable bonds is 7. The van der Waals surface area contributed by atoms with Crippen LogP contribution in [0.4, 0.5) is 5.69 Å². The highest BCUT2D eigenvalue weighted by molar-refractivity contribution is 9.10. The Kier molecular flexibility index (Phi) is 7.17. The van der Waals surface area contributed by atoms with Crippen molar-refractivity contribution in [3.63, 3.8) is 0 Å². The number of halogens is 2. The van der Waals surface area contributed by atoms with Gasteiger partial charge < -0.3 is 10.6 Å². The van der Waals surface area contributed by atoms with Crippen molar-refractivity contribution < 1.29 is 9.59 Å². The summed E-state index contributed by atoms with van der Waals surface area (Å²) >= 11 is 9.27. The van der Waals surface area contributed by atoms with Gasteiger partial charge in [0.05, 0.1) is 0 Å². The van der Waals surface area contributed by atoms with Crippen LogP contribution in [0.25, 0.3) is 11.1 Å². The quantitative estimate of drug-likeness (QED) is 0.224. The molecular weight excluding hydrogens is 502 g/mol. The van der Waals surface area contributed by atoms with Crippen molar-refractivity contribution in [2.24, 2.45) is 0 Å². The van der Waals surface area contributed by atoms with Crippen LogP contribution in [0.3, 0.4) is 0 Å². The van der Waals surface area contributed by atoms with Gasteiger partial charge in [0.25, 0.3) is 5.91 Å². The molecule has 4 aromatic rings. The fraction of sp³-hybridized carbons (Fsp3) is 0.0385. The molecule has 0 saturated heterocycles. The molecule has 0 fully saturated rings. The molecule has 1 aromatic heterocycles. The number of Topliss-reactive ketones (excluding diaryl/α,β-unsaturated/α-hetero) is 1. The Hall–Kier alpha value is -3.48. The van der Waals surface area contributed by atoms with E-state index in [0.717, 1.165) is 15.6 Å². The van der Waals surface area contributed by atoms with E-state index in [9.17, 15) is 9.59 Å². The van der Waals surface area contributed by atoms with Crippen molar-refractivity contribution in [2.45, 2.75) is 6.17 Å². The fourth-order valence-corrected chi connectivity index (χ4v) is 3.58. The topological polar surface area (TPSA) is 71.1 Å². The van der Waals surface area contributed by atoms with Crippen LogP contribution in [-0.2, 0) is 0 Å². The lowest BCUT2D eigenvalue weighted by molar-refractivity contribution is 0.0866. The lowest BCUT2D eigenvalue weighted by Crippen LogP contribution is -2.46. The summed E-state index contributed by atoms with van der Waals surface area (Å²) in [6.45, 7) is 0. The molecule has 1 heterocycles. The van der Waals surface area contributed by atoms with Gasteiger partial charge in [-0.15, -0.1) is 0 Å². The third-order valence-corrected chi connectivity index (χ3v) is 5.65. The number of amides is 1. The second-order valence-electron chi connectivity index (χ2n) is 7.23. The van der Waals surface area contributed by atoms with Crippen LogP contribution in [0.15, 0.2) is 102 Å². The van der Waals surface area contributed by atoms with E-state index in [0.29, 0.717) is 16.3 Å². The summed E-state index contributed by atoms with van der Waals surface area (Å²) in [4.78, 5) is 30.2. The van der Waals surface area contributed by atoms with Crippen molar-refractivity contribution in [2.75, 3.05) is 5.32 Å². The largest absolute Gasteiger partial charge is 0.359 e. The monoisotopic (exact) mass is 519 g/mol. The van der Waals surface area contributed by atoms with E-state index in [1.54, 1.807) is 48.5 Å². The minimum Gasteiger partial charge on any atom is -0.359 e. The predicted molar refractivity (Wildman–Crippen MR) is 134 cm³/mol. The van der Waals surface area contributed by atoms with Gasteiger partial charge in [-0.3, -0.25) is 9.59 Å². The van der Waals surface area contributed by atoms with Crippen LogP contribution in [0.1, 0.15) is 20.8 Å². The van der Waals surface area contributed by atoms with Crippen molar-refractivity contribution in [3.8, 4) is 11.1 Å². The summed E-state index contributed by atoms with van der Waals surface area (Å²) in [5.41, 5.74) is 3.36. The van der Waals surface area contributed by atoms with E-state index < -0.39 is 12.1 Å². The molecule has 0 aliphatic carbocycles.